The van der Waals surface area contributed by atoms with Crippen LogP contribution in [-0.4, -0.2) is 23.0 Å². The summed E-state index contributed by atoms with van der Waals surface area (Å²) < 4.78 is 7.05. The molecule has 0 aliphatic heterocycles. The highest BCUT2D eigenvalue weighted by Crippen LogP contribution is 2.22. The molecule has 4 nitrogen and oxygen atoms in total. The number of nitrogens with zero attached hydrogens (tertiary/aromatic N) is 2. The second-order valence-electron chi connectivity index (χ2n) is 3.18. The van der Waals surface area contributed by atoms with Crippen LogP contribution >= 0.6 is 11.6 Å². The second kappa shape index (κ2) is 4.08. The molecular weight excluding hydrogens is 214 g/mol. The van der Waals surface area contributed by atoms with Crippen molar-refractivity contribution < 1.29 is 4.74 Å². The van der Waals surface area contributed by atoms with Gasteiger partial charge in [-0.1, -0.05) is 11.6 Å². The van der Waals surface area contributed by atoms with E-state index in [2.05, 4.69) is 4.98 Å². The Morgan fingerprint density at radius 3 is 3.07 bits per heavy atom. The number of halogens is 1. The molecule has 0 amide bonds. The van der Waals surface area contributed by atoms with Crippen molar-refractivity contribution in [2.75, 3.05) is 13.7 Å². The SMILES string of the molecule is COc1ccn2c(CCN)nc(Cl)c2c1. The minimum absolute atomic E-state index is 0.484. The van der Waals surface area contributed by atoms with E-state index in [1.165, 1.54) is 0 Å². The number of fused-ring (bicyclic) bond motifs is 1. The van der Waals surface area contributed by atoms with Crippen molar-refractivity contribution in [1.29, 1.82) is 0 Å². The lowest BCUT2D eigenvalue weighted by Crippen LogP contribution is -2.06. The molecule has 0 spiro atoms. The quantitative estimate of drug-likeness (QED) is 0.861. The van der Waals surface area contributed by atoms with Gasteiger partial charge in [-0.3, -0.25) is 0 Å². The number of hydrogen-bond acceptors (Lipinski definition) is 3. The Balaban J connectivity index is 2.59. The highest BCUT2D eigenvalue weighted by atomic mass is 35.5. The minimum Gasteiger partial charge on any atom is -0.497 e. The Bertz CT molecular complexity index is 481. The Morgan fingerprint density at radius 2 is 2.40 bits per heavy atom. The van der Waals surface area contributed by atoms with E-state index < -0.39 is 0 Å². The van der Waals surface area contributed by atoms with Gasteiger partial charge in [-0.15, -0.1) is 0 Å². The van der Waals surface area contributed by atoms with E-state index in [4.69, 9.17) is 22.1 Å². The standard InChI is InChI=1S/C10H12ClN3O/c1-15-7-3-5-14-8(6-7)10(11)13-9(14)2-4-12/h3,5-6H,2,4,12H2,1H3. The van der Waals surface area contributed by atoms with E-state index in [9.17, 15) is 0 Å². The molecule has 0 atom stereocenters. The zero-order valence-electron chi connectivity index (χ0n) is 8.40. The number of methoxy groups -OCH3 is 1. The third kappa shape index (κ3) is 1.78. The molecule has 2 rings (SSSR count). The van der Waals surface area contributed by atoms with E-state index in [1.54, 1.807) is 7.11 Å². The molecule has 0 saturated heterocycles. The lowest BCUT2D eigenvalue weighted by atomic mass is 10.3. The molecule has 5 heteroatoms. The molecule has 2 aromatic rings. The predicted octanol–water partition coefficient (Wildman–Crippen LogP) is 1.50. The summed E-state index contributed by atoms with van der Waals surface area (Å²) in [7, 11) is 1.62. The van der Waals surface area contributed by atoms with Gasteiger partial charge >= 0.3 is 0 Å². The topological polar surface area (TPSA) is 52.5 Å². The normalized spacial score (nSPS) is 10.9. The summed E-state index contributed by atoms with van der Waals surface area (Å²) in [6, 6.07) is 3.72. The van der Waals surface area contributed by atoms with Gasteiger partial charge in [-0.25, -0.2) is 4.98 Å². The monoisotopic (exact) mass is 225 g/mol. The highest BCUT2D eigenvalue weighted by molar-refractivity contribution is 6.32. The summed E-state index contributed by atoms with van der Waals surface area (Å²) in [5, 5.41) is 0.484. The van der Waals surface area contributed by atoms with Crippen molar-refractivity contribution in [1.82, 2.24) is 9.38 Å². The summed E-state index contributed by atoms with van der Waals surface area (Å²) in [5.74, 6) is 1.64. The number of nitrogens with two attached hydrogens (primary N) is 1. The fourth-order valence-electron chi connectivity index (χ4n) is 1.52. The number of rotatable bonds is 3. The van der Waals surface area contributed by atoms with E-state index >= 15 is 0 Å². The highest BCUT2D eigenvalue weighted by Gasteiger charge is 2.09. The van der Waals surface area contributed by atoms with E-state index in [1.807, 2.05) is 22.7 Å². The summed E-state index contributed by atoms with van der Waals surface area (Å²) in [6.07, 6.45) is 2.60. The molecule has 0 saturated carbocycles. The maximum absolute atomic E-state index is 6.01. The van der Waals surface area contributed by atoms with Crippen molar-refractivity contribution in [3.63, 3.8) is 0 Å². The van der Waals surface area contributed by atoms with E-state index in [0.717, 1.165) is 17.1 Å². The van der Waals surface area contributed by atoms with Gasteiger partial charge in [-0.05, 0) is 12.6 Å². The first kappa shape index (κ1) is 10.3. The molecule has 2 aromatic heterocycles. The molecule has 0 aromatic carbocycles. The summed E-state index contributed by atoms with van der Waals surface area (Å²) in [6.45, 7) is 0.557. The third-order valence-corrected chi connectivity index (χ3v) is 2.52. The Kier molecular flexibility index (Phi) is 2.79. The van der Waals surface area contributed by atoms with Gasteiger partial charge in [0.1, 0.15) is 11.6 Å². The number of ether oxygens (including phenoxy) is 1. The Labute approximate surface area is 92.6 Å². The molecule has 0 fully saturated rings. The minimum atomic E-state index is 0.484. The maximum Gasteiger partial charge on any atom is 0.155 e. The summed E-state index contributed by atoms with van der Waals surface area (Å²) in [5.41, 5.74) is 6.34. The zero-order valence-corrected chi connectivity index (χ0v) is 9.16. The van der Waals surface area contributed by atoms with Gasteiger partial charge < -0.3 is 14.9 Å². The summed E-state index contributed by atoms with van der Waals surface area (Å²) in [4.78, 5) is 4.25. The second-order valence-corrected chi connectivity index (χ2v) is 3.54. The van der Waals surface area contributed by atoms with Crippen LogP contribution in [-0.2, 0) is 6.42 Å². The van der Waals surface area contributed by atoms with Crippen molar-refractivity contribution in [2.45, 2.75) is 6.42 Å². The zero-order chi connectivity index (χ0) is 10.8. The van der Waals surface area contributed by atoms with Crippen LogP contribution in [0.3, 0.4) is 0 Å². The Morgan fingerprint density at radius 1 is 1.60 bits per heavy atom. The fourth-order valence-corrected chi connectivity index (χ4v) is 1.76. The molecule has 0 unspecified atom stereocenters. The molecule has 2 heterocycles. The van der Waals surface area contributed by atoms with Gasteiger partial charge in [0, 0.05) is 18.7 Å². The molecule has 0 aliphatic rings. The van der Waals surface area contributed by atoms with Crippen LogP contribution < -0.4 is 10.5 Å². The average molecular weight is 226 g/mol. The number of imidazole rings is 1. The predicted molar refractivity (Wildman–Crippen MR) is 59.5 cm³/mol. The van der Waals surface area contributed by atoms with Crippen LogP contribution in [0.4, 0.5) is 0 Å². The van der Waals surface area contributed by atoms with Crippen LogP contribution in [0.2, 0.25) is 5.15 Å². The van der Waals surface area contributed by atoms with Crippen molar-refractivity contribution in [3.8, 4) is 5.75 Å². The molecule has 2 N–H and O–H groups in total. The largest absolute Gasteiger partial charge is 0.497 e. The van der Waals surface area contributed by atoms with Crippen LogP contribution in [0, 0.1) is 0 Å². The number of aromatic nitrogens is 2. The van der Waals surface area contributed by atoms with Crippen molar-refractivity contribution in [3.05, 3.63) is 29.3 Å². The molecule has 0 bridgehead atoms. The van der Waals surface area contributed by atoms with Crippen LogP contribution in [0.5, 0.6) is 5.75 Å². The molecule has 80 valence electrons. The smallest absolute Gasteiger partial charge is 0.155 e. The van der Waals surface area contributed by atoms with E-state index in [0.29, 0.717) is 18.1 Å². The first-order chi connectivity index (χ1) is 7.26. The van der Waals surface area contributed by atoms with Crippen LogP contribution in [0.15, 0.2) is 18.3 Å². The maximum atomic E-state index is 6.01. The average Bonchev–Trinajstić information content (AvgIpc) is 2.56. The Hall–Kier alpha value is -1.26. The van der Waals surface area contributed by atoms with Crippen LogP contribution in [0.25, 0.3) is 5.52 Å². The van der Waals surface area contributed by atoms with E-state index in [-0.39, 0.29) is 0 Å². The summed E-state index contributed by atoms with van der Waals surface area (Å²) >= 11 is 6.01. The van der Waals surface area contributed by atoms with Gasteiger partial charge in [0.15, 0.2) is 5.15 Å². The first-order valence-electron chi connectivity index (χ1n) is 4.67. The fraction of sp³-hybridized carbons (Fsp3) is 0.300. The number of pyridine rings is 1. The van der Waals surface area contributed by atoms with Gasteiger partial charge in [0.2, 0.25) is 0 Å². The van der Waals surface area contributed by atoms with Gasteiger partial charge in [0.05, 0.1) is 12.6 Å². The van der Waals surface area contributed by atoms with Crippen LogP contribution in [0.1, 0.15) is 5.82 Å². The lowest BCUT2D eigenvalue weighted by Gasteiger charge is -2.02. The molecule has 15 heavy (non-hydrogen) atoms. The van der Waals surface area contributed by atoms with Crippen molar-refractivity contribution in [2.24, 2.45) is 5.73 Å². The number of hydrogen-bond donors (Lipinski definition) is 1. The first-order valence-corrected chi connectivity index (χ1v) is 5.04. The molecular formula is C10H12ClN3O. The lowest BCUT2D eigenvalue weighted by molar-refractivity contribution is 0.414. The third-order valence-electron chi connectivity index (χ3n) is 2.25. The molecule has 0 aliphatic carbocycles. The van der Waals surface area contributed by atoms with Crippen molar-refractivity contribution >= 4 is 17.1 Å². The molecule has 0 radical (unpaired) electrons. The van der Waals surface area contributed by atoms with Gasteiger partial charge in [0.25, 0.3) is 0 Å². The van der Waals surface area contributed by atoms with Gasteiger partial charge in [-0.2, -0.15) is 0 Å².